The highest BCUT2D eigenvalue weighted by Gasteiger charge is 2.62. The third-order valence-electron chi connectivity index (χ3n) is 14.4. The molecule has 350 valence electrons. The highest BCUT2D eigenvalue weighted by Crippen LogP contribution is 2.45. The quantitative estimate of drug-likeness (QED) is 0.0840. The van der Waals surface area contributed by atoms with Crippen LogP contribution in [0.4, 0.5) is 4.79 Å². The number of aromatic nitrogens is 2. The largest absolute Gasteiger partial charge is 0.506 e. The van der Waals surface area contributed by atoms with Gasteiger partial charge in [0, 0.05) is 49.2 Å². The number of hydrogen-bond acceptors (Lipinski definition) is 13. The summed E-state index contributed by atoms with van der Waals surface area (Å²) >= 11 is 0. The third-order valence-corrected chi connectivity index (χ3v) is 14.4. The number of nitrogens with zero attached hydrogens (tertiary/aromatic N) is 4. The van der Waals surface area contributed by atoms with E-state index in [-0.39, 0.29) is 42.6 Å². The van der Waals surface area contributed by atoms with Crippen LogP contribution in [0.25, 0.3) is 11.0 Å². The Kier molecular flexibility index (Phi) is 16.2. The Labute approximate surface area is 374 Å². The second kappa shape index (κ2) is 20.5. The number of aromatic hydroxyl groups is 1. The predicted octanol–water partition coefficient (Wildman–Crippen LogP) is 8.01. The zero-order chi connectivity index (χ0) is 46.6. The maximum absolute atomic E-state index is 15.0. The summed E-state index contributed by atoms with van der Waals surface area (Å²) in [6.45, 7) is 20.2. The number of amides is 1. The molecule has 0 radical (unpaired) electrons. The van der Waals surface area contributed by atoms with Gasteiger partial charge in [0.25, 0.3) is 0 Å². The predicted molar refractivity (Wildman–Crippen MR) is 240 cm³/mol. The number of unbranched alkanes of at least 4 members (excludes halogenated alkanes) is 2. The Hall–Kier alpha value is -3.98. The molecule has 3 saturated heterocycles. The Balaban J connectivity index is 1.48. The summed E-state index contributed by atoms with van der Waals surface area (Å²) in [5.74, 6) is -3.72. The van der Waals surface area contributed by atoms with Crippen LogP contribution >= 0.6 is 0 Å². The fourth-order valence-electron chi connectivity index (χ4n) is 10.5. The second-order valence-electron chi connectivity index (χ2n) is 19.4. The molecule has 2 unspecified atom stereocenters. The molecule has 5 heterocycles. The lowest BCUT2D eigenvalue weighted by Crippen LogP contribution is -2.60. The Morgan fingerprint density at radius 2 is 1.76 bits per heavy atom. The van der Waals surface area contributed by atoms with E-state index in [2.05, 4.69) is 21.4 Å². The van der Waals surface area contributed by atoms with E-state index in [1.807, 2.05) is 67.8 Å². The number of esters is 1. The van der Waals surface area contributed by atoms with Gasteiger partial charge < -0.3 is 33.7 Å². The van der Waals surface area contributed by atoms with Crippen LogP contribution in [0.15, 0.2) is 37.2 Å². The molecule has 2 aromatic heterocycles. The summed E-state index contributed by atoms with van der Waals surface area (Å²) in [6, 6.07) is 2.74. The average molecular weight is 879 g/mol. The highest BCUT2D eigenvalue weighted by atomic mass is 16.7. The van der Waals surface area contributed by atoms with Crippen molar-refractivity contribution in [1.82, 2.24) is 19.8 Å². The van der Waals surface area contributed by atoms with E-state index in [1.165, 1.54) is 19.4 Å². The van der Waals surface area contributed by atoms with Crippen molar-refractivity contribution >= 4 is 34.7 Å². The molecule has 1 N–H and O–H groups in total. The Morgan fingerprint density at radius 1 is 1.05 bits per heavy atom. The molecule has 0 bridgehead atoms. The van der Waals surface area contributed by atoms with Crippen molar-refractivity contribution in [2.45, 2.75) is 180 Å². The number of carbonyl (C=O) groups is 4. The van der Waals surface area contributed by atoms with E-state index in [0.29, 0.717) is 31.2 Å². The van der Waals surface area contributed by atoms with Crippen LogP contribution in [0, 0.1) is 23.2 Å². The molecule has 0 aromatic carbocycles. The minimum Gasteiger partial charge on any atom is -0.506 e. The number of fused-ring (bicyclic) bond motifs is 2. The van der Waals surface area contributed by atoms with E-state index >= 15 is 4.79 Å². The third kappa shape index (κ3) is 10.3. The van der Waals surface area contributed by atoms with Crippen molar-refractivity contribution in [2.75, 3.05) is 21.2 Å². The van der Waals surface area contributed by atoms with Gasteiger partial charge in [-0.1, -0.05) is 46.6 Å². The van der Waals surface area contributed by atoms with Crippen LogP contribution in [0.1, 0.15) is 126 Å². The van der Waals surface area contributed by atoms with Crippen LogP contribution in [0.3, 0.4) is 0 Å². The number of aryl methyl sites for hydroxylation is 1. The zero-order valence-corrected chi connectivity index (χ0v) is 39.8. The first-order valence-corrected chi connectivity index (χ1v) is 23.1. The zero-order valence-electron chi connectivity index (χ0n) is 39.8. The van der Waals surface area contributed by atoms with Crippen LogP contribution in [-0.4, -0.2) is 124 Å². The summed E-state index contributed by atoms with van der Waals surface area (Å²) in [5.41, 5.74) is -2.21. The molecule has 3 aliphatic heterocycles. The van der Waals surface area contributed by atoms with Crippen molar-refractivity contribution in [2.24, 2.45) is 23.2 Å². The Bertz CT molecular complexity index is 1960. The monoisotopic (exact) mass is 879 g/mol. The number of ether oxygens (including phenoxy) is 5. The van der Waals surface area contributed by atoms with E-state index in [4.69, 9.17) is 23.7 Å². The molecule has 3 fully saturated rings. The van der Waals surface area contributed by atoms with E-state index in [0.717, 1.165) is 36.8 Å². The maximum atomic E-state index is 15.0. The highest BCUT2D eigenvalue weighted by molar-refractivity contribution is 6.05. The first-order valence-electron chi connectivity index (χ1n) is 23.1. The number of carbonyl (C=O) groups excluding carboxylic acids is 4. The SMILES string of the molecule is C=C[C@H]1C(=O)C(C)(C)C(=O)O[C@H](CC)[C@@]2(C)OC(=O)N(C(CC)CCCCCc3c(O)cnc4cccnc34)[C@@H]2[C@@H](C)C(=O)[C@H](C)C[C@@](C)(OC)C1O[C@H]1C[C@@H](N(C)C)C[C@@H](C)O1. The molecule has 1 amide bonds. The van der Waals surface area contributed by atoms with Crippen molar-refractivity contribution in [3.05, 3.63) is 42.7 Å². The van der Waals surface area contributed by atoms with Gasteiger partial charge in [-0.25, -0.2) is 4.79 Å². The number of cyclic esters (lactones) is 1. The molecule has 12 atom stereocenters. The average Bonchev–Trinajstić information content (AvgIpc) is 3.52. The first kappa shape index (κ1) is 50.0. The number of pyridine rings is 2. The number of Topliss-reactive ketones (excluding diaryl/α,β-unsaturated/α-hetero) is 2. The minimum absolute atomic E-state index is 0.118. The first-order chi connectivity index (χ1) is 29.7. The lowest BCUT2D eigenvalue weighted by Gasteiger charge is -2.46. The van der Waals surface area contributed by atoms with Crippen LogP contribution < -0.4 is 0 Å². The van der Waals surface area contributed by atoms with Gasteiger partial charge in [0.1, 0.15) is 29.2 Å². The topological polar surface area (TPSA) is 167 Å². The van der Waals surface area contributed by atoms with Crippen LogP contribution in [0.5, 0.6) is 5.75 Å². The van der Waals surface area contributed by atoms with Gasteiger partial charge in [-0.3, -0.25) is 29.3 Å². The summed E-state index contributed by atoms with van der Waals surface area (Å²) in [4.78, 5) is 71.3. The van der Waals surface area contributed by atoms with Gasteiger partial charge in [-0.05, 0) is 106 Å². The molecule has 0 saturated carbocycles. The maximum Gasteiger partial charge on any atom is 0.411 e. The van der Waals surface area contributed by atoms with E-state index in [1.54, 1.807) is 31.9 Å². The number of methoxy groups -OCH3 is 1. The molecule has 0 spiro atoms. The molecule has 3 aliphatic rings. The fourth-order valence-corrected chi connectivity index (χ4v) is 10.5. The standard InChI is InChI=1S/C49H74N4O10/c1-14-32(21-18-17-19-22-35-37(54)28-51-36-23-20-24-50-40(35)36)53-42-31(6)41(55)29(4)27-48(9,59-13)44(62-39-26-33(52(11)12)25-30(5)60-39)34(15-2)43(56)47(7,8)45(57)61-38(16-3)49(42,10)63-46(53)58/h15,20,23-24,28-34,38-39,42,44,54H,2,14,16-19,21-22,25-27H2,1,3-13H3/t29-,30-,31+,32?,33+,34+,38-,39+,42-,44?,48-,49-/m1/s1. The smallest absolute Gasteiger partial charge is 0.411 e. The molecule has 0 aliphatic carbocycles. The van der Waals surface area contributed by atoms with Crippen molar-refractivity contribution in [3.8, 4) is 5.75 Å². The Morgan fingerprint density at radius 3 is 2.40 bits per heavy atom. The van der Waals surface area contributed by atoms with Gasteiger partial charge in [-0.2, -0.15) is 0 Å². The van der Waals surface area contributed by atoms with Gasteiger partial charge in [0.15, 0.2) is 17.7 Å². The van der Waals surface area contributed by atoms with Gasteiger partial charge in [-0.15, -0.1) is 6.58 Å². The van der Waals surface area contributed by atoms with Crippen LogP contribution in [0.2, 0.25) is 0 Å². The molecular weight excluding hydrogens is 805 g/mol. The number of rotatable bonds is 14. The normalized spacial score (nSPS) is 33.7. The van der Waals surface area contributed by atoms with Gasteiger partial charge in [0.05, 0.1) is 40.9 Å². The van der Waals surface area contributed by atoms with Crippen molar-refractivity contribution < 1.29 is 48.0 Å². The van der Waals surface area contributed by atoms with E-state index < -0.39 is 76.8 Å². The van der Waals surface area contributed by atoms with Gasteiger partial charge in [0.2, 0.25) is 0 Å². The number of hydrogen-bond donors (Lipinski definition) is 1. The molecule has 63 heavy (non-hydrogen) atoms. The fraction of sp³-hybridized carbons (Fsp3) is 0.714. The summed E-state index contributed by atoms with van der Waals surface area (Å²) < 4.78 is 32.2. The molecular formula is C49H74N4O10. The summed E-state index contributed by atoms with van der Waals surface area (Å²) in [5, 5.41) is 10.6. The molecule has 2 aromatic rings. The number of ketones is 2. The molecule has 5 rings (SSSR count). The van der Waals surface area contributed by atoms with E-state index in [9.17, 15) is 19.5 Å². The second-order valence-corrected chi connectivity index (χ2v) is 19.4. The summed E-state index contributed by atoms with van der Waals surface area (Å²) in [6.07, 6.45) is 7.19. The van der Waals surface area contributed by atoms with Crippen LogP contribution in [-0.2, 0) is 44.5 Å². The lowest BCUT2D eigenvalue weighted by molar-refractivity contribution is -0.261. The molecule has 14 nitrogen and oxygen atoms in total. The van der Waals surface area contributed by atoms with Gasteiger partial charge >= 0.3 is 12.1 Å². The van der Waals surface area contributed by atoms with Crippen molar-refractivity contribution in [1.29, 1.82) is 0 Å². The molecule has 14 heteroatoms. The lowest BCUT2D eigenvalue weighted by atomic mass is 9.71. The van der Waals surface area contributed by atoms with Crippen molar-refractivity contribution in [3.63, 3.8) is 0 Å². The summed E-state index contributed by atoms with van der Waals surface area (Å²) in [7, 11) is 5.56. The minimum atomic E-state index is -1.69.